The number of rotatable bonds is 4. The zero-order chi connectivity index (χ0) is 17.1. The molecule has 126 valence electrons. The Morgan fingerprint density at radius 2 is 1.00 bits per heavy atom. The minimum Gasteiger partial charge on any atom is -0.368 e. The zero-order valence-electron chi connectivity index (χ0n) is 9.90. The van der Waals surface area contributed by atoms with Gasteiger partial charge in [0, 0.05) is 0 Å². The molecule has 0 bridgehead atoms. The van der Waals surface area contributed by atoms with E-state index >= 15 is 0 Å². The van der Waals surface area contributed by atoms with Crippen molar-refractivity contribution in [2.45, 2.75) is 24.2 Å². The molecular weight excluding hydrogens is 340 g/mol. The lowest BCUT2D eigenvalue weighted by Crippen LogP contribution is -2.16. The van der Waals surface area contributed by atoms with Crippen molar-refractivity contribution in [1.82, 2.24) is 0 Å². The molecule has 2 unspecified atom stereocenters. The Kier molecular flexibility index (Phi) is 13.7. The highest BCUT2D eigenvalue weighted by Gasteiger charge is 2.21. The van der Waals surface area contributed by atoms with E-state index in [1.807, 2.05) is 0 Å². The maximum atomic E-state index is 11.4. The van der Waals surface area contributed by atoms with Gasteiger partial charge in [0.1, 0.15) is 19.6 Å². The molecule has 0 saturated carbocycles. The van der Waals surface area contributed by atoms with Gasteiger partial charge in [0.25, 0.3) is 31.2 Å². The predicted octanol–water partition coefficient (Wildman–Crippen LogP) is -0.404. The van der Waals surface area contributed by atoms with E-state index in [1.165, 1.54) is 6.92 Å². The Morgan fingerprint density at radius 1 is 0.850 bits per heavy atom. The molecule has 4 N–H and O–H groups in total. The molecule has 14 heteroatoms. The summed E-state index contributed by atoms with van der Waals surface area (Å²) in [6, 6.07) is 0. The summed E-state index contributed by atoms with van der Waals surface area (Å²) in [6.45, 7) is -2.14. The average Bonchev–Trinajstić information content (AvgIpc) is 2.24. The van der Waals surface area contributed by atoms with E-state index in [2.05, 4.69) is 0 Å². The van der Waals surface area contributed by atoms with Gasteiger partial charge in [-0.05, 0) is 6.92 Å². The number of halogens is 4. The molecule has 0 heterocycles. The van der Waals surface area contributed by atoms with Gasteiger partial charge in [0.05, 0.1) is 0 Å². The fraction of sp³-hybridized carbons (Fsp3) is 1.00. The third kappa shape index (κ3) is 19.8. The minimum atomic E-state index is -4.79. The summed E-state index contributed by atoms with van der Waals surface area (Å²) in [5.74, 6) is 0. The van der Waals surface area contributed by atoms with Crippen molar-refractivity contribution in [3.05, 3.63) is 0 Å². The predicted molar refractivity (Wildman–Crippen MR) is 58.7 cm³/mol. The maximum absolute atomic E-state index is 11.4. The molecule has 0 aliphatic rings. The number of aliphatic hydroxyl groups is 2. The lowest BCUT2D eigenvalue weighted by atomic mass is 10.8. The highest BCUT2D eigenvalue weighted by Crippen LogP contribution is 1.99. The third-order valence-corrected chi connectivity index (χ3v) is 2.43. The number of hydrogen-bond acceptors (Lipinski definition) is 6. The van der Waals surface area contributed by atoms with Crippen LogP contribution in [0.1, 0.15) is 6.92 Å². The van der Waals surface area contributed by atoms with Crippen LogP contribution >= 0.6 is 0 Å². The highest BCUT2D eigenvalue weighted by atomic mass is 32.2. The van der Waals surface area contributed by atoms with E-state index in [9.17, 15) is 34.4 Å². The molecule has 0 spiro atoms. The molecular formula is C6H14F4O8S2. The highest BCUT2D eigenvalue weighted by molar-refractivity contribution is 7.86. The first-order chi connectivity index (χ1) is 8.69. The first-order valence-electron chi connectivity index (χ1n) is 4.38. The molecule has 0 saturated heterocycles. The normalized spacial score (nSPS) is 14.5. The second kappa shape index (κ2) is 11.2. The maximum Gasteiger partial charge on any atom is 0.300 e. The molecule has 0 aromatic heterocycles. The van der Waals surface area contributed by atoms with Gasteiger partial charge in [-0.1, -0.05) is 0 Å². The van der Waals surface area contributed by atoms with Crippen LogP contribution in [0.25, 0.3) is 0 Å². The molecule has 0 amide bonds. The van der Waals surface area contributed by atoms with Crippen LogP contribution in [0.5, 0.6) is 0 Å². The van der Waals surface area contributed by atoms with E-state index in [4.69, 9.17) is 19.3 Å². The fourth-order valence-electron chi connectivity index (χ4n) is 0.159. The Labute approximate surface area is 112 Å². The Morgan fingerprint density at radius 3 is 1.00 bits per heavy atom. The van der Waals surface area contributed by atoms with Crippen LogP contribution in [-0.2, 0) is 20.2 Å². The van der Waals surface area contributed by atoms with Crippen LogP contribution in [0, 0.1) is 0 Å². The summed E-state index contributed by atoms with van der Waals surface area (Å²) < 4.78 is 98.1. The molecule has 0 fully saturated rings. The standard InChI is InChI=1S/2C2H4F2O3S.C2H6O2/c2*3-1-2(4)8(5,6)7;1-2(3)4/h2*2H,1H2,(H,5,6,7);2-4H,1H3. The van der Waals surface area contributed by atoms with Crippen molar-refractivity contribution in [3.63, 3.8) is 0 Å². The van der Waals surface area contributed by atoms with E-state index in [-0.39, 0.29) is 0 Å². The van der Waals surface area contributed by atoms with Crippen molar-refractivity contribution < 1.29 is 53.7 Å². The van der Waals surface area contributed by atoms with Crippen LogP contribution in [0.15, 0.2) is 0 Å². The quantitative estimate of drug-likeness (QED) is 0.302. The lowest BCUT2D eigenvalue weighted by Gasteiger charge is -1.94. The zero-order valence-corrected chi connectivity index (χ0v) is 11.5. The van der Waals surface area contributed by atoms with Gasteiger partial charge < -0.3 is 10.2 Å². The Hall–Kier alpha value is -0.540. The average molecular weight is 354 g/mol. The molecule has 8 nitrogen and oxygen atoms in total. The molecule has 0 aromatic carbocycles. The van der Waals surface area contributed by atoms with Crippen LogP contribution in [0.4, 0.5) is 17.6 Å². The Balaban J connectivity index is -0.000000230. The number of alkyl halides is 4. The number of hydrogen-bond donors (Lipinski definition) is 4. The first kappa shape index (κ1) is 24.5. The van der Waals surface area contributed by atoms with E-state index in [0.717, 1.165) is 0 Å². The van der Waals surface area contributed by atoms with Gasteiger partial charge in [-0.25, -0.2) is 17.6 Å². The number of aliphatic hydroxyl groups excluding tert-OH is 1. The summed E-state index contributed by atoms with van der Waals surface area (Å²) in [6.07, 6.45) is -1.17. The monoisotopic (exact) mass is 354 g/mol. The summed E-state index contributed by atoms with van der Waals surface area (Å²) in [4.78, 5) is 0. The fourth-order valence-corrected chi connectivity index (χ4v) is 0.478. The molecule has 0 radical (unpaired) electrons. The van der Waals surface area contributed by atoms with Gasteiger partial charge >= 0.3 is 0 Å². The van der Waals surface area contributed by atoms with Crippen molar-refractivity contribution in [2.24, 2.45) is 0 Å². The topological polar surface area (TPSA) is 149 Å². The lowest BCUT2D eigenvalue weighted by molar-refractivity contribution is -0.0228. The summed E-state index contributed by atoms with van der Waals surface area (Å²) in [5, 5.41) is 15.2. The van der Waals surface area contributed by atoms with Gasteiger partial charge in [0.15, 0.2) is 0 Å². The SMILES string of the molecule is CC(O)O.O=S(=O)(O)C(F)CF.O=S(=O)(O)C(F)CF. The second-order valence-corrected chi connectivity index (χ2v) is 5.87. The van der Waals surface area contributed by atoms with Gasteiger partial charge in [-0.2, -0.15) is 16.8 Å². The second-order valence-electron chi connectivity index (χ2n) is 2.79. The van der Waals surface area contributed by atoms with Crippen molar-refractivity contribution in [2.75, 3.05) is 13.3 Å². The van der Waals surface area contributed by atoms with Crippen molar-refractivity contribution in [1.29, 1.82) is 0 Å². The van der Waals surface area contributed by atoms with E-state index in [0.29, 0.717) is 0 Å². The third-order valence-electron chi connectivity index (χ3n) is 0.889. The smallest absolute Gasteiger partial charge is 0.300 e. The van der Waals surface area contributed by atoms with Crippen LogP contribution in [0.2, 0.25) is 0 Å². The first-order valence-corrected chi connectivity index (χ1v) is 7.39. The molecule has 0 aliphatic carbocycles. The van der Waals surface area contributed by atoms with E-state index < -0.39 is 50.9 Å². The van der Waals surface area contributed by atoms with Crippen LogP contribution < -0.4 is 0 Å². The largest absolute Gasteiger partial charge is 0.368 e. The molecule has 2 atom stereocenters. The molecule has 0 aromatic rings. The summed E-state index contributed by atoms with van der Waals surface area (Å²) >= 11 is 0. The van der Waals surface area contributed by atoms with Gasteiger partial charge in [-0.15, -0.1) is 0 Å². The molecule has 0 rings (SSSR count). The van der Waals surface area contributed by atoms with Crippen LogP contribution in [0.3, 0.4) is 0 Å². The minimum absolute atomic E-state index is 1.17. The van der Waals surface area contributed by atoms with Gasteiger partial charge in [-0.3, -0.25) is 9.11 Å². The Bertz CT molecular complexity index is 381. The molecule has 0 aliphatic heterocycles. The van der Waals surface area contributed by atoms with Gasteiger partial charge in [0.2, 0.25) is 0 Å². The van der Waals surface area contributed by atoms with Crippen LogP contribution in [-0.4, -0.2) is 66.8 Å². The molecule has 20 heavy (non-hydrogen) atoms. The summed E-state index contributed by atoms with van der Waals surface area (Å²) in [7, 11) is -9.59. The van der Waals surface area contributed by atoms with E-state index in [1.54, 1.807) is 0 Å². The summed E-state index contributed by atoms with van der Waals surface area (Å²) in [5.41, 5.74) is -5.58. The van der Waals surface area contributed by atoms with Crippen molar-refractivity contribution >= 4 is 20.2 Å². The van der Waals surface area contributed by atoms with Crippen molar-refractivity contribution in [3.8, 4) is 0 Å².